The molecule has 5 heteroatoms. The van der Waals surface area contributed by atoms with Crippen LogP contribution in [0.2, 0.25) is 0 Å². The Balaban J connectivity index is 1.74. The Bertz CT molecular complexity index is 424. The molecule has 2 amide bonds. The summed E-state index contributed by atoms with van der Waals surface area (Å²) in [5, 5.41) is 2.89. The average molecular weight is 264 g/mol. The first-order valence-electron chi connectivity index (χ1n) is 6.72. The second-order valence-corrected chi connectivity index (χ2v) is 4.94. The van der Waals surface area contributed by atoms with Gasteiger partial charge in [-0.15, -0.1) is 0 Å². The van der Waals surface area contributed by atoms with E-state index in [0.29, 0.717) is 19.6 Å². The lowest BCUT2D eigenvalue weighted by atomic mass is 9.85. The van der Waals surface area contributed by atoms with Crippen LogP contribution < -0.4 is 5.32 Å². The van der Waals surface area contributed by atoms with Gasteiger partial charge in [-0.2, -0.15) is 0 Å². The second kappa shape index (κ2) is 6.41. The molecule has 104 valence electrons. The standard InChI is InChI=1S/C14H20N2O3/c1-11(17)16(10-13-6-3-9-19-13)8-7-15-14(18)12-4-2-5-12/h3,6,9,12H,2,4-5,7-8,10H2,1H3,(H,15,18). The van der Waals surface area contributed by atoms with Crippen LogP contribution in [0.1, 0.15) is 31.9 Å². The van der Waals surface area contributed by atoms with Crippen molar-refractivity contribution in [3.05, 3.63) is 24.2 Å². The normalized spacial score (nSPS) is 14.8. The van der Waals surface area contributed by atoms with Gasteiger partial charge >= 0.3 is 0 Å². The van der Waals surface area contributed by atoms with Crippen molar-refractivity contribution < 1.29 is 14.0 Å². The number of furan rings is 1. The Morgan fingerprint density at radius 3 is 2.79 bits per heavy atom. The lowest BCUT2D eigenvalue weighted by molar-refractivity contribution is -0.131. The highest BCUT2D eigenvalue weighted by molar-refractivity contribution is 5.79. The number of rotatable bonds is 6. The van der Waals surface area contributed by atoms with Gasteiger partial charge in [0.15, 0.2) is 0 Å². The summed E-state index contributed by atoms with van der Waals surface area (Å²) in [4.78, 5) is 24.8. The molecule has 0 radical (unpaired) electrons. The smallest absolute Gasteiger partial charge is 0.223 e. The molecule has 19 heavy (non-hydrogen) atoms. The van der Waals surface area contributed by atoms with Gasteiger partial charge in [-0.1, -0.05) is 6.42 Å². The highest BCUT2D eigenvalue weighted by Gasteiger charge is 2.24. The minimum atomic E-state index is -0.0192. The zero-order chi connectivity index (χ0) is 13.7. The molecule has 1 fully saturated rings. The summed E-state index contributed by atoms with van der Waals surface area (Å²) in [5.74, 6) is 1.04. The maximum Gasteiger partial charge on any atom is 0.223 e. The van der Waals surface area contributed by atoms with Gasteiger partial charge in [0, 0.05) is 25.9 Å². The Morgan fingerprint density at radius 1 is 1.47 bits per heavy atom. The summed E-state index contributed by atoms with van der Waals surface area (Å²) in [5.41, 5.74) is 0. The van der Waals surface area contributed by atoms with Gasteiger partial charge in [0.1, 0.15) is 5.76 Å². The molecule has 1 aliphatic rings. The minimum Gasteiger partial charge on any atom is -0.467 e. The molecule has 1 aliphatic carbocycles. The van der Waals surface area contributed by atoms with Crippen LogP contribution in [-0.4, -0.2) is 29.8 Å². The second-order valence-electron chi connectivity index (χ2n) is 4.94. The Morgan fingerprint density at radius 2 is 2.26 bits per heavy atom. The van der Waals surface area contributed by atoms with Crippen LogP contribution in [0.4, 0.5) is 0 Å². The maximum atomic E-state index is 11.7. The highest BCUT2D eigenvalue weighted by atomic mass is 16.3. The maximum absolute atomic E-state index is 11.7. The lowest BCUT2D eigenvalue weighted by Crippen LogP contribution is -2.40. The van der Waals surface area contributed by atoms with Gasteiger partial charge in [0.25, 0.3) is 0 Å². The van der Waals surface area contributed by atoms with E-state index >= 15 is 0 Å². The van der Waals surface area contributed by atoms with Crippen LogP contribution in [0.25, 0.3) is 0 Å². The van der Waals surface area contributed by atoms with E-state index in [1.165, 1.54) is 6.92 Å². The average Bonchev–Trinajstić information content (AvgIpc) is 2.77. The molecule has 0 atom stereocenters. The van der Waals surface area contributed by atoms with Crippen LogP contribution in [0, 0.1) is 5.92 Å². The molecular weight excluding hydrogens is 244 g/mol. The number of hydrogen-bond donors (Lipinski definition) is 1. The van der Waals surface area contributed by atoms with Crippen molar-refractivity contribution in [1.82, 2.24) is 10.2 Å². The van der Waals surface area contributed by atoms with Crippen LogP contribution in [-0.2, 0) is 16.1 Å². The molecule has 0 saturated heterocycles. The zero-order valence-electron chi connectivity index (χ0n) is 11.2. The van der Waals surface area contributed by atoms with Crippen LogP contribution in [0.5, 0.6) is 0 Å². The summed E-state index contributed by atoms with van der Waals surface area (Å²) < 4.78 is 5.23. The van der Waals surface area contributed by atoms with E-state index in [0.717, 1.165) is 25.0 Å². The van der Waals surface area contributed by atoms with Gasteiger partial charge in [-0.3, -0.25) is 9.59 Å². The van der Waals surface area contributed by atoms with Crippen molar-refractivity contribution in [2.45, 2.75) is 32.7 Å². The molecule has 1 aromatic heterocycles. The van der Waals surface area contributed by atoms with Gasteiger partial charge in [-0.05, 0) is 25.0 Å². The number of nitrogens with zero attached hydrogens (tertiary/aromatic N) is 1. The summed E-state index contributed by atoms with van der Waals surface area (Å²) in [7, 11) is 0. The van der Waals surface area contributed by atoms with Crippen LogP contribution in [0.15, 0.2) is 22.8 Å². The SMILES string of the molecule is CC(=O)N(CCNC(=O)C1CCC1)Cc1ccco1. The van der Waals surface area contributed by atoms with Crippen molar-refractivity contribution in [3.63, 3.8) is 0 Å². The first kappa shape index (κ1) is 13.6. The molecule has 2 rings (SSSR count). The fraction of sp³-hybridized carbons (Fsp3) is 0.571. The third kappa shape index (κ3) is 3.84. The molecule has 0 unspecified atom stereocenters. The van der Waals surface area contributed by atoms with Crippen LogP contribution >= 0.6 is 0 Å². The van der Waals surface area contributed by atoms with Crippen molar-refractivity contribution in [3.8, 4) is 0 Å². The van der Waals surface area contributed by atoms with Crippen molar-refractivity contribution >= 4 is 11.8 Å². The number of nitrogens with one attached hydrogen (secondary N) is 1. The van der Waals surface area contributed by atoms with Gasteiger partial charge in [0.2, 0.25) is 11.8 Å². The van der Waals surface area contributed by atoms with E-state index in [2.05, 4.69) is 5.32 Å². The predicted octanol–water partition coefficient (Wildman–Crippen LogP) is 1.54. The zero-order valence-corrected chi connectivity index (χ0v) is 11.2. The number of hydrogen-bond acceptors (Lipinski definition) is 3. The third-order valence-corrected chi connectivity index (χ3v) is 3.53. The molecule has 0 spiro atoms. The Labute approximate surface area is 113 Å². The van der Waals surface area contributed by atoms with Crippen molar-refractivity contribution in [2.75, 3.05) is 13.1 Å². The van der Waals surface area contributed by atoms with E-state index in [4.69, 9.17) is 4.42 Å². The first-order chi connectivity index (χ1) is 9.16. The number of carbonyl (C=O) groups is 2. The Hall–Kier alpha value is -1.78. The monoisotopic (exact) mass is 264 g/mol. The fourth-order valence-corrected chi connectivity index (χ4v) is 2.07. The molecule has 0 bridgehead atoms. The first-order valence-corrected chi connectivity index (χ1v) is 6.72. The quantitative estimate of drug-likeness (QED) is 0.847. The van der Waals surface area contributed by atoms with Crippen molar-refractivity contribution in [1.29, 1.82) is 0 Å². The molecule has 1 N–H and O–H groups in total. The number of amides is 2. The molecule has 5 nitrogen and oxygen atoms in total. The van der Waals surface area contributed by atoms with Gasteiger partial charge in [-0.25, -0.2) is 0 Å². The van der Waals surface area contributed by atoms with Crippen LogP contribution in [0.3, 0.4) is 0 Å². The lowest BCUT2D eigenvalue weighted by Gasteiger charge is -2.25. The molecular formula is C14H20N2O3. The third-order valence-electron chi connectivity index (χ3n) is 3.53. The summed E-state index contributed by atoms with van der Waals surface area (Å²) >= 11 is 0. The largest absolute Gasteiger partial charge is 0.467 e. The minimum absolute atomic E-state index is 0.0192. The summed E-state index contributed by atoms with van der Waals surface area (Å²) in [6, 6.07) is 3.63. The van der Waals surface area contributed by atoms with Crippen molar-refractivity contribution in [2.24, 2.45) is 5.92 Å². The highest BCUT2D eigenvalue weighted by Crippen LogP contribution is 2.25. The summed E-state index contributed by atoms with van der Waals surface area (Å²) in [6.45, 7) is 2.97. The predicted molar refractivity (Wildman–Crippen MR) is 70.1 cm³/mol. The molecule has 1 heterocycles. The summed E-state index contributed by atoms with van der Waals surface area (Å²) in [6.07, 6.45) is 4.73. The van der Waals surface area contributed by atoms with E-state index in [1.807, 2.05) is 6.07 Å². The number of carbonyl (C=O) groups excluding carboxylic acids is 2. The molecule has 1 saturated carbocycles. The van der Waals surface area contributed by atoms with E-state index in [-0.39, 0.29) is 17.7 Å². The van der Waals surface area contributed by atoms with E-state index in [9.17, 15) is 9.59 Å². The fourth-order valence-electron chi connectivity index (χ4n) is 2.07. The topological polar surface area (TPSA) is 62.6 Å². The van der Waals surface area contributed by atoms with E-state index < -0.39 is 0 Å². The molecule has 0 aromatic carbocycles. The van der Waals surface area contributed by atoms with E-state index in [1.54, 1.807) is 17.2 Å². The van der Waals surface area contributed by atoms with Gasteiger partial charge in [0.05, 0.1) is 12.8 Å². The van der Waals surface area contributed by atoms with Gasteiger partial charge < -0.3 is 14.6 Å². The molecule has 1 aromatic rings. The Kier molecular flexibility index (Phi) is 4.60. The molecule has 0 aliphatic heterocycles.